The third-order valence-corrected chi connectivity index (χ3v) is 6.32. The van der Waals surface area contributed by atoms with Gasteiger partial charge in [0.1, 0.15) is 5.75 Å². The molecule has 0 bridgehead atoms. The number of unbranched alkanes of at least 4 members (excludes halogenated alkanes) is 2. The molecule has 0 spiro atoms. The molecule has 0 aromatic carbocycles. The van der Waals surface area contributed by atoms with Crippen LogP contribution < -0.4 is 10.5 Å². The van der Waals surface area contributed by atoms with E-state index in [1.165, 1.54) is 37.9 Å². The molecule has 2 atom stereocenters. The minimum atomic E-state index is -0.958. The lowest BCUT2D eigenvalue weighted by Crippen LogP contribution is -2.49. The second-order valence-electron chi connectivity index (χ2n) is 7.51. The minimum absolute atomic E-state index is 0.256. The molecule has 1 aromatic heterocycles. The first kappa shape index (κ1) is 20.5. The molecule has 2 rings (SSSR count). The van der Waals surface area contributed by atoms with Crippen LogP contribution in [-0.4, -0.2) is 39.8 Å². The highest BCUT2D eigenvalue weighted by Gasteiger charge is 2.30. The van der Waals surface area contributed by atoms with Gasteiger partial charge in [0.15, 0.2) is 0 Å². The number of pyridine rings is 1. The molecular weight excluding hydrogens is 332 g/mol. The zero-order chi connectivity index (χ0) is 18.1. The van der Waals surface area contributed by atoms with Crippen LogP contribution in [0.25, 0.3) is 0 Å². The van der Waals surface area contributed by atoms with Crippen LogP contribution in [-0.2, 0) is 6.42 Å². The number of thioether (sulfide) groups is 1. The van der Waals surface area contributed by atoms with Gasteiger partial charge in [0.05, 0.1) is 12.2 Å². The SMILES string of the molecule is CCCCCOc1ccnc(CC(C)(O)C(N)CSCC2CCC2)c1. The molecule has 5 heteroatoms. The van der Waals surface area contributed by atoms with Crippen LogP contribution in [0.2, 0.25) is 0 Å². The highest BCUT2D eigenvalue weighted by molar-refractivity contribution is 7.99. The highest BCUT2D eigenvalue weighted by Crippen LogP contribution is 2.30. The Morgan fingerprint density at radius 1 is 1.44 bits per heavy atom. The molecule has 1 heterocycles. The topological polar surface area (TPSA) is 68.4 Å². The van der Waals surface area contributed by atoms with Crippen molar-refractivity contribution in [1.82, 2.24) is 4.98 Å². The van der Waals surface area contributed by atoms with Crippen LogP contribution in [0.3, 0.4) is 0 Å². The quantitative estimate of drug-likeness (QED) is 0.551. The van der Waals surface area contributed by atoms with E-state index in [1.54, 1.807) is 6.20 Å². The summed E-state index contributed by atoms with van der Waals surface area (Å²) in [6.45, 7) is 4.73. The fourth-order valence-electron chi connectivity index (χ4n) is 2.88. The van der Waals surface area contributed by atoms with Crippen molar-refractivity contribution in [2.45, 2.75) is 70.4 Å². The summed E-state index contributed by atoms with van der Waals surface area (Å²) in [5.41, 5.74) is 6.14. The number of nitrogens with two attached hydrogens (primary N) is 1. The van der Waals surface area contributed by atoms with Gasteiger partial charge in [-0.3, -0.25) is 4.98 Å². The molecule has 1 aliphatic rings. The second-order valence-corrected chi connectivity index (χ2v) is 8.59. The van der Waals surface area contributed by atoms with Crippen LogP contribution in [0.15, 0.2) is 18.3 Å². The van der Waals surface area contributed by atoms with Gasteiger partial charge >= 0.3 is 0 Å². The van der Waals surface area contributed by atoms with Crippen LogP contribution in [0.1, 0.15) is 58.1 Å². The zero-order valence-electron chi connectivity index (χ0n) is 15.7. The molecule has 0 aliphatic heterocycles. The average Bonchev–Trinajstić information content (AvgIpc) is 2.53. The van der Waals surface area contributed by atoms with E-state index in [-0.39, 0.29) is 6.04 Å². The van der Waals surface area contributed by atoms with Gasteiger partial charge < -0.3 is 15.6 Å². The summed E-state index contributed by atoms with van der Waals surface area (Å²) in [4.78, 5) is 4.38. The standard InChI is InChI=1S/C20H34N2O2S/c1-3-4-5-11-24-18-9-10-22-17(12-18)13-20(2,23)19(21)15-25-14-16-7-6-8-16/h9-10,12,16,19,23H,3-8,11,13-15,21H2,1-2H3. The van der Waals surface area contributed by atoms with Crippen molar-refractivity contribution in [1.29, 1.82) is 0 Å². The fraction of sp³-hybridized carbons (Fsp3) is 0.750. The van der Waals surface area contributed by atoms with E-state index in [4.69, 9.17) is 10.5 Å². The van der Waals surface area contributed by atoms with Crippen molar-refractivity contribution in [2.24, 2.45) is 11.7 Å². The number of rotatable bonds is 12. The lowest BCUT2D eigenvalue weighted by molar-refractivity contribution is 0.0394. The maximum atomic E-state index is 10.8. The zero-order valence-corrected chi connectivity index (χ0v) is 16.6. The number of aliphatic hydroxyl groups is 1. The maximum absolute atomic E-state index is 10.8. The van der Waals surface area contributed by atoms with Gasteiger partial charge in [-0.1, -0.05) is 26.2 Å². The Bertz CT molecular complexity index is 506. The van der Waals surface area contributed by atoms with E-state index in [0.717, 1.165) is 36.1 Å². The normalized spacial score (nSPS) is 18.4. The smallest absolute Gasteiger partial charge is 0.122 e. The predicted molar refractivity (Wildman–Crippen MR) is 106 cm³/mol. The lowest BCUT2D eigenvalue weighted by Gasteiger charge is -2.31. The Balaban J connectivity index is 1.79. The molecule has 0 amide bonds. The van der Waals surface area contributed by atoms with E-state index in [0.29, 0.717) is 6.42 Å². The Labute approximate surface area is 156 Å². The first-order valence-electron chi connectivity index (χ1n) is 9.64. The summed E-state index contributed by atoms with van der Waals surface area (Å²) in [6.07, 6.45) is 9.71. The van der Waals surface area contributed by atoms with E-state index in [9.17, 15) is 5.11 Å². The first-order chi connectivity index (χ1) is 12.0. The van der Waals surface area contributed by atoms with Crippen LogP contribution in [0.4, 0.5) is 0 Å². The molecule has 1 saturated carbocycles. The van der Waals surface area contributed by atoms with Crippen molar-refractivity contribution < 1.29 is 9.84 Å². The molecule has 25 heavy (non-hydrogen) atoms. The number of hydrogen-bond acceptors (Lipinski definition) is 5. The first-order valence-corrected chi connectivity index (χ1v) is 10.8. The Kier molecular flexibility index (Phi) is 8.53. The van der Waals surface area contributed by atoms with Gasteiger partial charge in [-0.05, 0) is 43.9 Å². The lowest BCUT2D eigenvalue weighted by atomic mass is 9.87. The van der Waals surface area contributed by atoms with Gasteiger partial charge in [0, 0.05) is 36.2 Å². The third kappa shape index (κ3) is 7.16. The fourth-order valence-corrected chi connectivity index (χ4v) is 4.30. The number of hydrogen-bond donors (Lipinski definition) is 2. The molecule has 1 aromatic rings. The van der Waals surface area contributed by atoms with Gasteiger partial charge in [-0.2, -0.15) is 11.8 Å². The van der Waals surface area contributed by atoms with E-state index < -0.39 is 5.60 Å². The van der Waals surface area contributed by atoms with Crippen molar-refractivity contribution in [2.75, 3.05) is 18.1 Å². The molecular formula is C20H34N2O2S. The molecule has 3 N–H and O–H groups in total. The van der Waals surface area contributed by atoms with Crippen LogP contribution in [0.5, 0.6) is 5.75 Å². The van der Waals surface area contributed by atoms with Crippen molar-refractivity contribution in [3.63, 3.8) is 0 Å². The van der Waals surface area contributed by atoms with Gasteiger partial charge in [0.2, 0.25) is 0 Å². The van der Waals surface area contributed by atoms with E-state index in [1.807, 2.05) is 30.8 Å². The Morgan fingerprint density at radius 2 is 2.24 bits per heavy atom. The van der Waals surface area contributed by atoms with E-state index in [2.05, 4.69) is 11.9 Å². The Hall–Kier alpha value is -0.780. The Morgan fingerprint density at radius 3 is 2.92 bits per heavy atom. The molecule has 4 nitrogen and oxygen atoms in total. The maximum Gasteiger partial charge on any atom is 0.122 e. The number of ether oxygens (including phenoxy) is 1. The van der Waals surface area contributed by atoms with Crippen molar-refractivity contribution >= 4 is 11.8 Å². The summed E-state index contributed by atoms with van der Waals surface area (Å²) in [6, 6.07) is 3.54. The molecule has 2 unspecified atom stereocenters. The highest BCUT2D eigenvalue weighted by atomic mass is 32.2. The van der Waals surface area contributed by atoms with Crippen LogP contribution >= 0.6 is 11.8 Å². The molecule has 1 aliphatic carbocycles. The van der Waals surface area contributed by atoms with Gasteiger partial charge in [-0.15, -0.1) is 0 Å². The molecule has 0 saturated heterocycles. The number of nitrogens with zero attached hydrogens (tertiary/aromatic N) is 1. The van der Waals surface area contributed by atoms with Crippen LogP contribution in [0, 0.1) is 5.92 Å². The molecule has 0 radical (unpaired) electrons. The summed E-state index contributed by atoms with van der Waals surface area (Å²) in [5, 5.41) is 10.8. The third-order valence-electron chi connectivity index (χ3n) is 5.02. The van der Waals surface area contributed by atoms with Gasteiger partial charge in [0.25, 0.3) is 0 Å². The van der Waals surface area contributed by atoms with E-state index >= 15 is 0 Å². The second kappa shape index (κ2) is 10.4. The number of aromatic nitrogens is 1. The largest absolute Gasteiger partial charge is 0.493 e. The van der Waals surface area contributed by atoms with Crippen molar-refractivity contribution in [3.05, 3.63) is 24.0 Å². The monoisotopic (exact) mass is 366 g/mol. The molecule has 142 valence electrons. The summed E-state index contributed by atoms with van der Waals surface area (Å²) in [7, 11) is 0. The van der Waals surface area contributed by atoms with Crippen molar-refractivity contribution in [3.8, 4) is 5.75 Å². The predicted octanol–water partition coefficient (Wildman–Crippen LogP) is 3.80. The average molecular weight is 367 g/mol. The summed E-state index contributed by atoms with van der Waals surface area (Å²) < 4.78 is 5.78. The molecule has 1 fully saturated rings. The summed E-state index contributed by atoms with van der Waals surface area (Å²) >= 11 is 1.87. The van der Waals surface area contributed by atoms with Gasteiger partial charge in [-0.25, -0.2) is 0 Å². The minimum Gasteiger partial charge on any atom is -0.493 e. The summed E-state index contributed by atoms with van der Waals surface area (Å²) in [5.74, 6) is 3.65.